The summed E-state index contributed by atoms with van der Waals surface area (Å²) in [6.07, 6.45) is 2.58. The molecule has 0 saturated heterocycles. The first-order chi connectivity index (χ1) is 42.9. The van der Waals surface area contributed by atoms with E-state index in [0.29, 0.717) is 92.4 Å². The van der Waals surface area contributed by atoms with Gasteiger partial charge in [0.05, 0.1) is 0 Å². The Balaban J connectivity index is 0.971. The van der Waals surface area contributed by atoms with Crippen LogP contribution in [0.5, 0.6) is 46.0 Å². The molecular formula is C80H56O8. The SMILES string of the molecule is Oc1cc(O)c2cc1C(c1ccc3c(c1)Cc1ccccc1-3)c1cc(c(O)cc1O)C(c1ccc3c(c1)Cc1ccccc1-3)c1cc(c(O)cc1O)C(c1ccc3c(c1)Cc1ccccc1-3)c1cc(c(O)cc1O)C2c1ccc2c(c1)Cc1ccccc1-2. The van der Waals surface area contributed by atoms with Crippen molar-refractivity contribution in [1.82, 2.24) is 0 Å². The summed E-state index contributed by atoms with van der Waals surface area (Å²) in [6, 6.07) is 70.2. The molecule has 12 aromatic carbocycles. The van der Waals surface area contributed by atoms with Gasteiger partial charge < -0.3 is 40.9 Å². The van der Waals surface area contributed by atoms with E-state index in [1.165, 1.54) is 46.5 Å². The summed E-state index contributed by atoms with van der Waals surface area (Å²) >= 11 is 0. The zero-order valence-corrected chi connectivity index (χ0v) is 47.5. The third-order valence-electron chi connectivity index (χ3n) is 19.8. The van der Waals surface area contributed by atoms with E-state index in [2.05, 4.69) is 97.1 Å². The molecule has 0 fully saturated rings. The molecule has 5 aliphatic carbocycles. The summed E-state index contributed by atoms with van der Waals surface area (Å²) < 4.78 is 0. The minimum Gasteiger partial charge on any atom is -0.507 e. The fraction of sp³-hybridized carbons (Fsp3) is 0.100. The number of hydrogen-bond acceptors (Lipinski definition) is 8. The third kappa shape index (κ3) is 7.84. The van der Waals surface area contributed by atoms with Crippen molar-refractivity contribution in [3.8, 4) is 90.5 Å². The highest BCUT2D eigenvalue weighted by atomic mass is 16.3. The van der Waals surface area contributed by atoms with Gasteiger partial charge in [-0.25, -0.2) is 0 Å². The van der Waals surface area contributed by atoms with E-state index < -0.39 is 23.7 Å². The van der Waals surface area contributed by atoms with Crippen LogP contribution in [0.3, 0.4) is 0 Å². The van der Waals surface area contributed by atoms with Crippen LogP contribution >= 0.6 is 0 Å². The van der Waals surface area contributed by atoms with Crippen molar-refractivity contribution < 1.29 is 40.9 Å². The maximum Gasteiger partial charge on any atom is 0.123 e. The lowest BCUT2D eigenvalue weighted by Gasteiger charge is -2.30. The molecule has 0 aromatic heterocycles. The summed E-state index contributed by atoms with van der Waals surface area (Å²) in [5, 5.41) is 102. The smallest absolute Gasteiger partial charge is 0.123 e. The summed E-state index contributed by atoms with van der Waals surface area (Å²) in [4.78, 5) is 0. The quantitative estimate of drug-likeness (QED) is 0.0864. The minimum atomic E-state index is -0.978. The maximum absolute atomic E-state index is 12.7. The average molecular weight is 1150 g/mol. The standard InChI is InChI=1S/C80H56O8/c81-69-37-71(83)63-33-61(69)77(45-17-21-57-49(29-45)25-41-9-1-5-13-53(41)57)62-34-64(72(84)38-70(62)82)79(47-19-23-59-51(31-47)27-43-11-3-7-15-55(43)59)66-36-68(76(88)40-74(66)86)80(48-20-24-60-52(32-48)28-44-12-4-8-16-56(44)60)67-35-65(73(85)39-75(67)87)78(63)46-18-22-58-50(30-46)26-42-10-2-6-14-54(42)58/h1-24,29-40,77-88H,25-28H2. The second-order valence-electron chi connectivity index (χ2n) is 24.6. The van der Waals surface area contributed by atoms with Crippen molar-refractivity contribution in [2.24, 2.45) is 0 Å². The van der Waals surface area contributed by atoms with Gasteiger partial charge in [0, 0.05) is 92.4 Å². The number of fused-ring (bicyclic) bond motifs is 20. The Bertz CT molecular complexity index is 4290. The molecule has 0 aliphatic heterocycles. The fourth-order valence-corrected chi connectivity index (χ4v) is 15.8. The van der Waals surface area contributed by atoms with Gasteiger partial charge in [-0.2, -0.15) is 0 Å². The maximum atomic E-state index is 12.7. The topological polar surface area (TPSA) is 162 Å². The van der Waals surface area contributed by atoms with E-state index in [1.807, 2.05) is 72.8 Å². The molecule has 5 aliphatic rings. The van der Waals surface area contributed by atoms with Crippen molar-refractivity contribution in [3.05, 3.63) is 330 Å². The Morgan fingerprint density at radius 1 is 0.182 bits per heavy atom. The molecule has 8 bridgehead atoms. The lowest BCUT2D eigenvalue weighted by atomic mass is 9.74. The van der Waals surface area contributed by atoms with E-state index in [4.69, 9.17) is 0 Å². The van der Waals surface area contributed by atoms with Crippen LogP contribution in [0.25, 0.3) is 44.5 Å². The van der Waals surface area contributed by atoms with Crippen LogP contribution in [0.4, 0.5) is 0 Å². The van der Waals surface area contributed by atoms with E-state index in [-0.39, 0.29) is 46.0 Å². The molecule has 8 heteroatoms. The van der Waals surface area contributed by atoms with Gasteiger partial charge in [-0.1, -0.05) is 170 Å². The van der Waals surface area contributed by atoms with Crippen LogP contribution in [0.2, 0.25) is 0 Å². The van der Waals surface area contributed by atoms with Gasteiger partial charge in [0.25, 0.3) is 0 Å². The van der Waals surface area contributed by atoms with Gasteiger partial charge in [-0.05, 0) is 161 Å². The predicted molar refractivity (Wildman–Crippen MR) is 342 cm³/mol. The highest BCUT2D eigenvalue weighted by Gasteiger charge is 2.37. The predicted octanol–water partition coefficient (Wildman–Crippen LogP) is 16.7. The van der Waals surface area contributed by atoms with Gasteiger partial charge in [0.1, 0.15) is 46.0 Å². The Morgan fingerprint density at radius 3 is 0.568 bits per heavy atom. The Morgan fingerprint density at radius 2 is 0.364 bits per heavy atom. The fourth-order valence-electron chi connectivity index (χ4n) is 15.8. The van der Waals surface area contributed by atoms with E-state index >= 15 is 0 Å². The molecule has 17 rings (SSSR count). The van der Waals surface area contributed by atoms with Crippen molar-refractivity contribution in [1.29, 1.82) is 0 Å². The second-order valence-corrected chi connectivity index (χ2v) is 24.6. The summed E-state index contributed by atoms with van der Waals surface area (Å²) in [7, 11) is 0. The summed E-state index contributed by atoms with van der Waals surface area (Å²) in [5.41, 5.74) is 23.0. The van der Waals surface area contributed by atoms with Gasteiger partial charge >= 0.3 is 0 Å². The molecule has 0 radical (unpaired) electrons. The van der Waals surface area contributed by atoms with Gasteiger partial charge in [0.15, 0.2) is 0 Å². The van der Waals surface area contributed by atoms with Crippen molar-refractivity contribution in [2.75, 3.05) is 0 Å². The average Bonchev–Trinajstić information content (AvgIpc) is 1.46. The molecule has 8 nitrogen and oxygen atoms in total. The first-order valence-corrected chi connectivity index (χ1v) is 30.0. The molecule has 0 heterocycles. The number of benzene rings is 12. The van der Waals surface area contributed by atoms with Crippen LogP contribution in [0.1, 0.15) is 135 Å². The zero-order chi connectivity index (χ0) is 59.4. The number of rotatable bonds is 4. The molecule has 88 heavy (non-hydrogen) atoms. The van der Waals surface area contributed by atoms with Crippen LogP contribution in [0.15, 0.2) is 218 Å². The number of aromatic hydroxyl groups is 8. The lowest BCUT2D eigenvalue weighted by molar-refractivity contribution is 0.431. The van der Waals surface area contributed by atoms with Crippen LogP contribution in [-0.2, 0) is 25.7 Å². The third-order valence-corrected chi connectivity index (χ3v) is 19.8. The van der Waals surface area contributed by atoms with E-state index in [1.54, 1.807) is 24.3 Å². The zero-order valence-electron chi connectivity index (χ0n) is 47.5. The first kappa shape index (κ1) is 51.5. The monoisotopic (exact) mass is 1140 g/mol. The van der Waals surface area contributed by atoms with Crippen molar-refractivity contribution >= 4 is 0 Å². The Kier molecular flexibility index (Phi) is 11.3. The number of phenols is 8. The normalized spacial score (nSPS) is 16.8. The first-order valence-electron chi connectivity index (χ1n) is 30.0. The second kappa shape index (κ2) is 19.3. The minimum absolute atomic E-state index is 0.265. The van der Waals surface area contributed by atoms with Crippen molar-refractivity contribution in [2.45, 2.75) is 49.4 Å². The molecule has 424 valence electrons. The number of phenolic OH excluding ortho intramolecular Hbond substituents is 8. The van der Waals surface area contributed by atoms with Crippen LogP contribution in [-0.4, -0.2) is 40.9 Å². The van der Waals surface area contributed by atoms with Crippen LogP contribution < -0.4 is 0 Å². The number of hydrogen-bond donors (Lipinski definition) is 8. The molecule has 12 aromatic rings. The molecule has 0 saturated carbocycles. The molecular weight excluding hydrogens is 1090 g/mol. The molecule has 0 spiro atoms. The van der Waals surface area contributed by atoms with Gasteiger partial charge in [0.2, 0.25) is 0 Å². The molecule has 0 unspecified atom stereocenters. The van der Waals surface area contributed by atoms with Gasteiger partial charge in [-0.3, -0.25) is 0 Å². The molecule has 0 atom stereocenters. The van der Waals surface area contributed by atoms with Crippen molar-refractivity contribution in [3.63, 3.8) is 0 Å². The van der Waals surface area contributed by atoms with E-state index in [9.17, 15) is 40.9 Å². The molecule has 0 amide bonds. The molecule has 8 N–H and O–H groups in total. The summed E-state index contributed by atoms with van der Waals surface area (Å²) in [5.74, 6) is -6.03. The Labute approximate surface area is 507 Å². The highest BCUT2D eigenvalue weighted by Crippen LogP contribution is 2.56. The van der Waals surface area contributed by atoms with Crippen LogP contribution in [0, 0.1) is 0 Å². The lowest BCUT2D eigenvalue weighted by Crippen LogP contribution is -2.13. The summed E-state index contributed by atoms with van der Waals surface area (Å²) in [6.45, 7) is 0. The largest absolute Gasteiger partial charge is 0.507 e. The van der Waals surface area contributed by atoms with E-state index in [0.717, 1.165) is 66.8 Å². The van der Waals surface area contributed by atoms with Gasteiger partial charge in [-0.15, -0.1) is 0 Å². The Hall–Kier alpha value is -11.0. The highest BCUT2D eigenvalue weighted by molar-refractivity contribution is 5.82.